The maximum atomic E-state index is 9.45. The van der Waals surface area contributed by atoms with Gasteiger partial charge in [-0.3, -0.25) is 0 Å². The third kappa shape index (κ3) is 6.61. The lowest BCUT2D eigenvalue weighted by Gasteiger charge is -2.37. The first kappa shape index (κ1) is 16.9. The zero-order valence-corrected chi connectivity index (χ0v) is 11.2. The van der Waals surface area contributed by atoms with E-state index in [4.69, 9.17) is 15.2 Å². The van der Waals surface area contributed by atoms with E-state index in [2.05, 4.69) is 4.65 Å². The summed E-state index contributed by atoms with van der Waals surface area (Å²) >= 11 is 0. The van der Waals surface area contributed by atoms with Gasteiger partial charge in [-0.25, -0.2) is 0 Å². The Kier molecular flexibility index (Phi) is 6.35. The number of hydrogen-bond acceptors (Lipinski definition) is 5. The Bertz CT molecular complexity index is 332. The van der Waals surface area contributed by atoms with E-state index in [0.717, 1.165) is 0 Å². The zero-order chi connectivity index (χ0) is 14.4. The van der Waals surface area contributed by atoms with Crippen LogP contribution in [0.5, 0.6) is 5.75 Å². The second-order valence-corrected chi connectivity index (χ2v) is 4.85. The highest BCUT2D eigenvalue weighted by atomic mass is 16.6. The third-order valence-electron chi connectivity index (χ3n) is 2.63. The summed E-state index contributed by atoms with van der Waals surface area (Å²) in [6.45, 7) is 6.23. The van der Waals surface area contributed by atoms with Crippen LogP contribution in [0.25, 0.3) is 0 Å². The van der Waals surface area contributed by atoms with Crippen molar-refractivity contribution >= 4 is 7.32 Å². The van der Waals surface area contributed by atoms with E-state index in [1.165, 1.54) is 13.8 Å². The van der Waals surface area contributed by atoms with Crippen LogP contribution >= 0.6 is 0 Å². The lowest BCUT2D eigenvalue weighted by molar-refractivity contribution is -0.109. The van der Waals surface area contributed by atoms with Gasteiger partial charge in [-0.15, -0.1) is 0 Å². The smallest absolute Gasteiger partial charge is 0.508 e. The summed E-state index contributed by atoms with van der Waals surface area (Å²) in [6, 6.07) is 8.71. The average molecular weight is 256 g/mol. The van der Waals surface area contributed by atoms with Crippen LogP contribution in [0, 0.1) is 0 Å². The van der Waals surface area contributed by atoms with E-state index in [-0.39, 0.29) is 0 Å². The fourth-order valence-corrected chi connectivity index (χ4v) is 0.836. The second-order valence-electron chi connectivity index (χ2n) is 4.85. The van der Waals surface area contributed by atoms with Crippen LogP contribution in [0.15, 0.2) is 30.3 Å². The molecule has 0 amide bonds. The van der Waals surface area contributed by atoms with Crippen LogP contribution in [0.1, 0.15) is 27.7 Å². The van der Waals surface area contributed by atoms with Crippen LogP contribution in [0.3, 0.4) is 0 Å². The lowest BCUT2D eigenvalue weighted by atomic mass is 9.88. The summed E-state index contributed by atoms with van der Waals surface area (Å²) < 4.78 is 4.66. The number of phenolic OH excluding ortho intramolecular Hbond substituents is 1. The molecule has 102 valence electrons. The first-order valence-corrected chi connectivity index (χ1v) is 5.56. The highest BCUT2D eigenvalue weighted by Gasteiger charge is 2.38. The molecule has 0 aliphatic carbocycles. The number of benzene rings is 1. The minimum Gasteiger partial charge on any atom is -0.508 e. The largest absolute Gasteiger partial charge is 0.634 e. The summed E-state index contributed by atoms with van der Waals surface area (Å²) in [7, 11) is -1.85. The molecule has 0 fully saturated rings. The Morgan fingerprint density at radius 3 is 1.61 bits per heavy atom. The van der Waals surface area contributed by atoms with Crippen molar-refractivity contribution in [2.24, 2.45) is 0 Å². The molecule has 0 atom stereocenters. The normalized spacial score (nSPS) is 11.5. The Morgan fingerprint density at radius 1 is 1.00 bits per heavy atom. The molecule has 0 bridgehead atoms. The summed E-state index contributed by atoms with van der Waals surface area (Å²) in [5.41, 5.74) is -2.10. The molecule has 6 heteroatoms. The molecule has 0 aliphatic heterocycles. The SMILES string of the molecule is CC(C)(O)C(C)(C)OB(O)O.Oc1ccccc1. The first-order chi connectivity index (χ1) is 8.06. The molecular weight excluding hydrogens is 235 g/mol. The van der Waals surface area contributed by atoms with Crippen LogP contribution in [0.4, 0.5) is 0 Å². The van der Waals surface area contributed by atoms with Crippen molar-refractivity contribution in [2.75, 3.05) is 0 Å². The molecule has 0 saturated carbocycles. The molecule has 1 aromatic carbocycles. The van der Waals surface area contributed by atoms with Gasteiger partial charge in [-0.2, -0.15) is 0 Å². The van der Waals surface area contributed by atoms with Gasteiger partial charge < -0.3 is 24.9 Å². The monoisotopic (exact) mass is 256 g/mol. The minimum absolute atomic E-state index is 0.322. The molecule has 0 spiro atoms. The quantitative estimate of drug-likeness (QED) is 0.603. The van der Waals surface area contributed by atoms with Crippen molar-refractivity contribution in [3.8, 4) is 5.75 Å². The highest BCUT2D eigenvalue weighted by molar-refractivity contribution is 6.32. The lowest BCUT2D eigenvalue weighted by Crippen LogP contribution is -2.50. The molecule has 0 radical (unpaired) electrons. The number of para-hydroxylation sites is 1. The van der Waals surface area contributed by atoms with Crippen molar-refractivity contribution in [3.05, 3.63) is 30.3 Å². The summed E-state index contributed by atoms with van der Waals surface area (Å²) in [6.07, 6.45) is 0. The van der Waals surface area contributed by atoms with E-state index in [1.807, 2.05) is 6.07 Å². The van der Waals surface area contributed by atoms with Crippen molar-refractivity contribution in [1.82, 2.24) is 0 Å². The number of aromatic hydroxyl groups is 1. The van der Waals surface area contributed by atoms with Crippen LogP contribution in [0.2, 0.25) is 0 Å². The van der Waals surface area contributed by atoms with E-state index < -0.39 is 18.5 Å². The predicted octanol–water partition coefficient (Wildman–Crippen LogP) is 0.914. The molecule has 1 rings (SSSR count). The van der Waals surface area contributed by atoms with E-state index >= 15 is 0 Å². The van der Waals surface area contributed by atoms with Crippen LogP contribution < -0.4 is 0 Å². The molecule has 1 aromatic rings. The van der Waals surface area contributed by atoms with Gasteiger partial charge in [-0.1, -0.05) is 18.2 Å². The van der Waals surface area contributed by atoms with Gasteiger partial charge in [0.2, 0.25) is 0 Å². The maximum absolute atomic E-state index is 9.45. The zero-order valence-electron chi connectivity index (χ0n) is 11.2. The van der Waals surface area contributed by atoms with Gasteiger partial charge >= 0.3 is 7.32 Å². The van der Waals surface area contributed by atoms with Crippen LogP contribution in [-0.2, 0) is 4.65 Å². The Labute approximate surface area is 108 Å². The van der Waals surface area contributed by atoms with Crippen LogP contribution in [-0.4, -0.2) is 38.8 Å². The molecule has 0 unspecified atom stereocenters. The first-order valence-electron chi connectivity index (χ1n) is 5.56. The number of aliphatic hydroxyl groups is 1. The van der Waals surface area contributed by atoms with Gasteiger partial charge in [0, 0.05) is 0 Å². The number of hydrogen-bond donors (Lipinski definition) is 4. The third-order valence-corrected chi connectivity index (χ3v) is 2.63. The van der Waals surface area contributed by atoms with E-state index in [1.54, 1.807) is 38.1 Å². The highest BCUT2D eigenvalue weighted by Crippen LogP contribution is 2.24. The van der Waals surface area contributed by atoms with Gasteiger partial charge in [-0.05, 0) is 39.8 Å². The molecule has 0 heterocycles. The van der Waals surface area contributed by atoms with Crippen molar-refractivity contribution in [1.29, 1.82) is 0 Å². The fraction of sp³-hybridized carbons (Fsp3) is 0.500. The maximum Gasteiger partial charge on any atom is 0.634 e. The standard InChI is InChI=1S/C6H15BO4.C6H6O/c1-5(2,8)6(3,4)11-7(9)10;7-6-4-2-1-3-5-6/h8-10H,1-4H3;1-5,7H. The molecule has 0 aliphatic rings. The fourth-order valence-electron chi connectivity index (χ4n) is 0.836. The molecule has 0 saturated heterocycles. The summed E-state index contributed by atoms with van der Waals surface area (Å²) in [5, 5.41) is 35.0. The molecule has 5 nitrogen and oxygen atoms in total. The van der Waals surface area contributed by atoms with Gasteiger partial charge in [0.25, 0.3) is 0 Å². The Balaban J connectivity index is 0.000000351. The Hall–Kier alpha value is -1.08. The number of phenols is 1. The topological polar surface area (TPSA) is 90.2 Å². The molecule has 4 N–H and O–H groups in total. The predicted molar refractivity (Wildman–Crippen MR) is 69.8 cm³/mol. The summed E-state index contributed by atoms with van der Waals surface area (Å²) in [4.78, 5) is 0. The molecule has 0 aromatic heterocycles. The summed E-state index contributed by atoms with van der Waals surface area (Å²) in [5.74, 6) is 0.322. The van der Waals surface area contributed by atoms with Crippen molar-refractivity contribution in [3.63, 3.8) is 0 Å². The minimum atomic E-state index is -1.85. The number of rotatable bonds is 3. The van der Waals surface area contributed by atoms with Gasteiger partial charge in [0.05, 0.1) is 11.2 Å². The second kappa shape index (κ2) is 6.75. The van der Waals surface area contributed by atoms with E-state index in [0.29, 0.717) is 5.75 Å². The van der Waals surface area contributed by atoms with E-state index in [9.17, 15) is 5.11 Å². The molecular formula is C12H21BO5. The molecule has 18 heavy (non-hydrogen) atoms. The van der Waals surface area contributed by atoms with Crippen molar-refractivity contribution in [2.45, 2.75) is 38.9 Å². The van der Waals surface area contributed by atoms with Gasteiger partial charge in [0.15, 0.2) is 0 Å². The van der Waals surface area contributed by atoms with Gasteiger partial charge in [0.1, 0.15) is 5.75 Å². The Morgan fingerprint density at radius 2 is 1.44 bits per heavy atom. The average Bonchev–Trinajstić information content (AvgIpc) is 2.15. The van der Waals surface area contributed by atoms with Crippen molar-refractivity contribution < 1.29 is 24.9 Å².